The van der Waals surface area contributed by atoms with Crippen LogP contribution in [0.25, 0.3) is 0 Å². The summed E-state index contributed by atoms with van der Waals surface area (Å²) in [6.07, 6.45) is 7.90. The van der Waals surface area contributed by atoms with Gasteiger partial charge in [-0.15, -0.1) is 0 Å². The maximum Gasteiger partial charge on any atom is 0.191 e. The molecule has 4 heteroatoms. The molecule has 1 heterocycles. The number of aliphatic imine (C=N–C) groups is 1. The van der Waals surface area contributed by atoms with Gasteiger partial charge >= 0.3 is 0 Å². The lowest BCUT2D eigenvalue weighted by atomic mass is 10.2. The summed E-state index contributed by atoms with van der Waals surface area (Å²) in [5, 5.41) is 0. The minimum absolute atomic E-state index is 0.503. The Hall–Kier alpha value is -0.770. The molecule has 104 valence electrons. The van der Waals surface area contributed by atoms with Crippen molar-refractivity contribution < 1.29 is 0 Å². The first-order valence-corrected chi connectivity index (χ1v) is 7.45. The highest BCUT2D eigenvalue weighted by atomic mass is 15.3. The second kappa shape index (κ2) is 6.41. The molecule has 0 aromatic carbocycles. The Labute approximate surface area is 111 Å². The van der Waals surface area contributed by atoms with E-state index in [1.807, 2.05) is 0 Å². The average molecular weight is 252 g/mol. The molecular formula is C14H28N4. The first kappa shape index (κ1) is 13.7. The van der Waals surface area contributed by atoms with Crippen LogP contribution in [0.3, 0.4) is 0 Å². The van der Waals surface area contributed by atoms with Gasteiger partial charge in [-0.1, -0.05) is 12.8 Å². The molecule has 1 aliphatic carbocycles. The molecule has 2 N–H and O–H groups in total. The molecule has 2 fully saturated rings. The van der Waals surface area contributed by atoms with E-state index in [0.29, 0.717) is 6.04 Å². The molecule has 0 aromatic heterocycles. The Morgan fingerprint density at radius 3 is 2.44 bits per heavy atom. The highest BCUT2D eigenvalue weighted by Crippen LogP contribution is 2.26. The van der Waals surface area contributed by atoms with Crippen molar-refractivity contribution in [1.29, 1.82) is 0 Å². The lowest BCUT2D eigenvalue weighted by molar-refractivity contribution is 0.252. The van der Waals surface area contributed by atoms with E-state index in [1.54, 1.807) is 0 Å². The van der Waals surface area contributed by atoms with Crippen LogP contribution < -0.4 is 5.73 Å². The van der Waals surface area contributed by atoms with Gasteiger partial charge in [-0.2, -0.15) is 0 Å². The third-order valence-corrected chi connectivity index (χ3v) is 4.27. The number of likely N-dealkylation sites (N-methyl/N-ethyl adjacent to an activating group) is 1. The summed E-state index contributed by atoms with van der Waals surface area (Å²) in [5.41, 5.74) is 6.12. The van der Waals surface area contributed by atoms with Crippen LogP contribution in [-0.4, -0.2) is 54.5 Å². The van der Waals surface area contributed by atoms with Gasteiger partial charge in [0, 0.05) is 25.2 Å². The molecule has 1 unspecified atom stereocenters. The molecule has 0 spiro atoms. The van der Waals surface area contributed by atoms with Crippen molar-refractivity contribution in [3.05, 3.63) is 0 Å². The Morgan fingerprint density at radius 2 is 1.89 bits per heavy atom. The molecule has 0 amide bonds. The van der Waals surface area contributed by atoms with Gasteiger partial charge in [0.15, 0.2) is 5.96 Å². The van der Waals surface area contributed by atoms with Gasteiger partial charge in [-0.3, -0.25) is 9.89 Å². The van der Waals surface area contributed by atoms with Crippen LogP contribution in [0.5, 0.6) is 0 Å². The number of rotatable bonds is 4. The second-order valence-electron chi connectivity index (χ2n) is 5.85. The van der Waals surface area contributed by atoms with Crippen molar-refractivity contribution in [3.8, 4) is 0 Å². The summed E-state index contributed by atoms with van der Waals surface area (Å²) >= 11 is 0. The Bertz CT molecular complexity index is 278. The number of hydrogen-bond donors (Lipinski definition) is 1. The van der Waals surface area contributed by atoms with Gasteiger partial charge in [0.05, 0.1) is 6.54 Å². The SMILES string of the molecule is CC(CN=C(N)N1CCCCCC1)N(C)C1CC1. The third-order valence-electron chi connectivity index (χ3n) is 4.27. The largest absolute Gasteiger partial charge is 0.370 e. The standard InChI is InChI=1S/C14H28N4/c1-12(17(2)13-7-8-13)11-16-14(15)18-9-5-3-4-6-10-18/h12-13H,3-11H2,1-2H3,(H2,15,16). The molecule has 0 bridgehead atoms. The predicted molar refractivity (Wildman–Crippen MR) is 76.8 cm³/mol. The second-order valence-corrected chi connectivity index (χ2v) is 5.85. The normalized spacial score (nSPS) is 24.2. The fraction of sp³-hybridized carbons (Fsp3) is 0.929. The summed E-state index contributed by atoms with van der Waals surface area (Å²) in [7, 11) is 2.21. The van der Waals surface area contributed by atoms with E-state index in [1.165, 1.54) is 38.5 Å². The lowest BCUT2D eigenvalue weighted by Gasteiger charge is -2.25. The van der Waals surface area contributed by atoms with Crippen molar-refractivity contribution in [2.24, 2.45) is 10.7 Å². The van der Waals surface area contributed by atoms with Crippen LogP contribution >= 0.6 is 0 Å². The maximum atomic E-state index is 6.12. The number of guanidine groups is 1. The average Bonchev–Trinajstić information content (AvgIpc) is 3.19. The van der Waals surface area contributed by atoms with Gasteiger partial charge in [0.2, 0.25) is 0 Å². The molecule has 18 heavy (non-hydrogen) atoms. The molecule has 0 aromatic rings. The minimum Gasteiger partial charge on any atom is -0.370 e. The van der Waals surface area contributed by atoms with E-state index in [4.69, 9.17) is 5.73 Å². The third kappa shape index (κ3) is 3.87. The number of hydrogen-bond acceptors (Lipinski definition) is 2. The molecule has 2 rings (SSSR count). The zero-order valence-electron chi connectivity index (χ0n) is 11.9. The van der Waals surface area contributed by atoms with Crippen LogP contribution in [0.2, 0.25) is 0 Å². The molecule has 1 saturated carbocycles. The van der Waals surface area contributed by atoms with E-state index in [2.05, 4.69) is 28.8 Å². The molecule has 1 saturated heterocycles. The Morgan fingerprint density at radius 1 is 1.28 bits per heavy atom. The molecule has 4 nitrogen and oxygen atoms in total. The van der Waals surface area contributed by atoms with Crippen molar-refractivity contribution in [2.45, 2.75) is 57.5 Å². The van der Waals surface area contributed by atoms with Crippen LogP contribution in [0, 0.1) is 0 Å². The molecular weight excluding hydrogens is 224 g/mol. The van der Waals surface area contributed by atoms with E-state index in [0.717, 1.165) is 31.6 Å². The maximum absolute atomic E-state index is 6.12. The molecule has 0 radical (unpaired) electrons. The van der Waals surface area contributed by atoms with E-state index < -0.39 is 0 Å². The monoisotopic (exact) mass is 252 g/mol. The van der Waals surface area contributed by atoms with Gasteiger partial charge in [0.25, 0.3) is 0 Å². The van der Waals surface area contributed by atoms with Crippen molar-refractivity contribution in [1.82, 2.24) is 9.80 Å². The van der Waals surface area contributed by atoms with Gasteiger partial charge in [-0.25, -0.2) is 0 Å². The van der Waals surface area contributed by atoms with Crippen molar-refractivity contribution >= 4 is 5.96 Å². The summed E-state index contributed by atoms with van der Waals surface area (Å²) in [6.45, 7) is 5.25. The van der Waals surface area contributed by atoms with E-state index >= 15 is 0 Å². The van der Waals surface area contributed by atoms with Crippen molar-refractivity contribution in [2.75, 3.05) is 26.7 Å². The van der Waals surface area contributed by atoms with Crippen molar-refractivity contribution in [3.63, 3.8) is 0 Å². The summed E-state index contributed by atoms with van der Waals surface area (Å²) in [4.78, 5) is 9.30. The smallest absolute Gasteiger partial charge is 0.191 e. The predicted octanol–water partition coefficient (Wildman–Crippen LogP) is 1.66. The first-order valence-electron chi connectivity index (χ1n) is 7.45. The van der Waals surface area contributed by atoms with Crippen LogP contribution in [0.15, 0.2) is 4.99 Å². The Balaban J connectivity index is 1.79. The van der Waals surface area contributed by atoms with Crippen LogP contribution in [0.1, 0.15) is 45.4 Å². The molecule has 1 aliphatic heterocycles. The molecule has 2 aliphatic rings. The van der Waals surface area contributed by atoms with Crippen LogP contribution in [0.4, 0.5) is 0 Å². The van der Waals surface area contributed by atoms with Crippen LogP contribution in [-0.2, 0) is 0 Å². The highest BCUT2D eigenvalue weighted by Gasteiger charge is 2.28. The summed E-state index contributed by atoms with van der Waals surface area (Å²) in [6, 6.07) is 1.30. The van der Waals surface area contributed by atoms with E-state index in [-0.39, 0.29) is 0 Å². The highest BCUT2D eigenvalue weighted by molar-refractivity contribution is 5.78. The fourth-order valence-electron chi connectivity index (χ4n) is 2.60. The summed E-state index contributed by atoms with van der Waals surface area (Å²) < 4.78 is 0. The zero-order chi connectivity index (χ0) is 13.0. The molecule has 1 atom stereocenters. The van der Waals surface area contributed by atoms with Gasteiger partial charge in [-0.05, 0) is 39.7 Å². The quantitative estimate of drug-likeness (QED) is 0.611. The first-order chi connectivity index (χ1) is 8.68. The Kier molecular flexibility index (Phi) is 4.87. The number of nitrogens with two attached hydrogens (primary N) is 1. The lowest BCUT2D eigenvalue weighted by Crippen LogP contribution is -2.40. The minimum atomic E-state index is 0.503. The fourth-order valence-corrected chi connectivity index (χ4v) is 2.60. The van der Waals surface area contributed by atoms with Gasteiger partial charge in [0.1, 0.15) is 0 Å². The topological polar surface area (TPSA) is 44.9 Å². The van der Waals surface area contributed by atoms with Gasteiger partial charge < -0.3 is 10.6 Å². The van der Waals surface area contributed by atoms with E-state index in [9.17, 15) is 0 Å². The zero-order valence-corrected chi connectivity index (χ0v) is 11.9. The number of nitrogens with zero attached hydrogens (tertiary/aromatic N) is 3. The summed E-state index contributed by atoms with van der Waals surface area (Å²) in [5.74, 6) is 0.757. The number of likely N-dealkylation sites (tertiary alicyclic amines) is 1.